The van der Waals surface area contributed by atoms with Crippen molar-refractivity contribution in [2.45, 2.75) is 6.42 Å². The molecular weight excluding hydrogens is 358 g/mol. The summed E-state index contributed by atoms with van der Waals surface area (Å²) in [5.41, 5.74) is 1.62. The number of carbonyl (C=O) groups excluding carboxylic acids is 1. The van der Waals surface area contributed by atoms with Crippen LogP contribution in [-0.4, -0.2) is 59.7 Å². The summed E-state index contributed by atoms with van der Waals surface area (Å²) in [6.45, 7) is 3.50. The van der Waals surface area contributed by atoms with Gasteiger partial charge in [0.1, 0.15) is 5.75 Å². The molecule has 7 nitrogen and oxygen atoms in total. The maximum atomic E-state index is 12.2. The molecule has 2 aromatic carbocycles. The lowest BCUT2D eigenvalue weighted by molar-refractivity contribution is -0.144. The number of hydrogen-bond acceptors (Lipinski definition) is 5. The first-order valence-corrected chi connectivity index (χ1v) is 9.35. The lowest BCUT2D eigenvalue weighted by Crippen LogP contribution is -2.48. The first kappa shape index (κ1) is 19.7. The van der Waals surface area contributed by atoms with Crippen LogP contribution in [0, 0.1) is 5.92 Å². The lowest BCUT2D eigenvalue weighted by atomic mass is 10.0. The van der Waals surface area contributed by atoms with Crippen LogP contribution >= 0.6 is 0 Å². The fourth-order valence-electron chi connectivity index (χ4n) is 3.39. The first-order valence-electron chi connectivity index (χ1n) is 9.35. The van der Waals surface area contributed by atoms with Crippen LogP contribution < -0.4 is 10.2 Å². The molecule has 1 unspecified atom stereocenters. The average Bonchev–Trinajstić information content (AvgIpc) is 2.68. The van der Waals surface area contributed by atoms with Gasteiger partial charge >= 0.3 is 5.97 Å². The zero-order chi connectivity index (χ0) is 19.9. The second kappa shape index (κ2) is 9.23. The van der Waals surface area contributed by atoms with Crippen molar-refractivity contribution in [1.29, 1.82) is 0 Å². The van der Waals surface area contributed by atoms with Gasteiger partial charge in [-0.3, -0.25) is 14.5 Å². The monoisotopic (exact) mass is 383 g/mol. The van der Waals surface area contributed by atoms with Crippen LogP contribution in [0.2, 0.25) is 0 Å². The SMILES string of the molecule is O=C(CC(CN1CCN(c2ccccc2)CC1)C(=O)O)Nc1cccc(O)c1. The fraction of sp³-hybridized carbons (Fsp3) is 0.333. The number of anilines is 2. The number of hydrogen-bond donors (Lipinski definition) is 3. The number of nitrogens with one attached hydrogen (secondary N) is 1. The van der Waals surface area contributed by atoms with Crippen LogP contribution in [0.5, 0.6) is 5.75 Å². The third-order valence-corrected chi connectivity index (χ3v) is 4.88. The molecule has 1 aliphatic rings. The van der Waals surface area contributed by atoms with Crippen molar-refractivity contribution in [3.05, 3.63) is 54.6 Å². The second-order valence-corrected chi connectivity index (χ2v) is 6.96. The predicted molar refractivity (Wildman–Crippen MR) is 108 cm³/mol. The van der Waals surface area contributed by atoms with Crippen molar-refractivity contribution < 1.29 is 19.8 Å². The van der Waals surface area contributed by atoms with E-state index in [1.807, 2.05) is 18.2 Å². The molecule has 0 aromatic heterocycles. The van der Waals surface area contributed by atoms with Gasteiger partial charge in [-0.2, -0.15) is 0 Å². The minimum atomic E-state index is -0.975. The first-order chi connectivity index (χ1) is 13.5. The smallest absolute Gasteiger partial charge is 0.308 e. The maximum absolute atomic E-state index is 12.2. The van der Waals surface area contributed by atoms with Crippen LogP contribution in [0.15, 0.2) is 54.6 Å². The Labute approximate surface area is 164 Å². The van der Waals surface area contributed by atoms with Gasteiger partial charge in [0.05, 0.1) is 5.92 Å². The van der Waals surface area contributed by atoms with Gasteiger partial charge in [0, 0.05) is 56.6 Å². The van der Waals surface area contributed by atoms with Gasteiger partial charge in [-0.05, 0) is 24.3 Å². The normalized spacial score (nSPS) is 15.8. The minimum Gasteiger partial charge on any atom is -0.508 e. The highest BCUT2D eigenvalue weighted by molar-refractivity contribution is 5.93. The number of carbonyl (C=O) groups is 2. The summed E-state index contributed by atoms with van der Waals surface area (Å²) < 4.78 is 0. The zero-order valence-electron chi connectivity index (χ0n) is 15.6. The molecule has 2 aromatic rings. The van der Waals surface area contributed by atoms with Crippen LogP contribution in [0.3, 0.4) is 0 Å². The number of rotatable bonds is 7. The lowest BCUT2D eigenvalue weighted by Gasteiger charge is -2.37. The largest absolute Gasteiger partial charge is 0.508 e. The molecule has 148 valence electrons. The third-order valence-electron chi connectivity index (χ3n) is 4.88. The molecule has 0 spiro atoms. The molecule has 1 aliphatic heterocycles. The molecule has 0 radical (unpaired) electrons. The Morgan fingerprint density at radius 3 is 2.36 bits per heavy atom. The summed E-state index contributed by atoms with van der Waals surface area (Å²) in [7, 11) is 0. The Morgan fingerprint density at radius 1 is 1.00 bits per heavy atom. The van der Waals surface area contributed by atoms with Crippen LogP contribution in [0.1, 0.15) is 6.42 Å². The molecule has 1 fully saturated rings. The topological polar surface area (TPSA) is 93.1 Å². The van der Waals surface area contributed by atoms with E-state index in [1.54, 1.807) is 12.1 Å². The van der Waals surface area contributed by atoms with E-state index < -0.39 is 11.9 Å². The molecule has 1 saturated heterocycles. The van der Waals surface area contributed by atoms with Crippen molar-refractivity contribution in [3.63, 3.8) is 0 Å². The van der Waals surface area contributed by atoms with E-state index in [1.165, 1.54) is 17.8 Å². The number of piperazine rings is 1. The van der Waals surface area contributed by atoms with E-state index in [0.717, 1.165) is 26.2 Å². The minimum absolute atomic E-state index is 0.0453. The van der Waals surface area contributed by atoms with Crippen LogP contribution in [-0.2, 0) is 9.59 Å². The molecule has 1 heterocycles. The number of nitrogens with zero attached hydrogens (tertiary/aromatic N) is 2. The third kappa shape index (κ3) is 5.47. The van der Waals surface area contributed by atoms with E-state index in [4.69, 9.17) is 0 Å². The number of aliphatic carboxylic acids is 1. The van der Waals surface area contributed by atoms with Gasteiger partial charge in [0.2, 0.25) is 5.91 Å². The van der Waals surface area contributed by atoms with Crippen molar-refractivity contribution in [2.24, 2.45) is 5.92 Å². The molecule has 0 bridgehead atoms. The predicted octanol–water partition coefficient (Wildman–Crippen LogP) is 2.24. The van der Waals surface area contributed by atoms with Crippen molar-refractivity contribution in [2.75, 3.05) is 42.9 Å². The number of carboxylic acid groups (broad SMARTS) is 1. The van der Waals surface area contributed by atoms with Crippen LogP contribution in [0.25, 0.3) is 0 Å². The second-order valence-electron chi connectivity index (χ2n) is 6.96. The summed E-state index contributed by atoms with van der Waals surface area (Å²) in [5, 5.41) is 21.6. The van der Waals surface area contributed by atoms with E-state index in [-0.39, 0.29) is 18.1 Å². The summed E-state index contributed by atoms with van der Waals surface area (Å²) in [6.07, 6.45) is -0.107. The molecule has 28 heavy (non-hydrogen) atoms. The summed E-state index contributed by atoms with van der Waals surface area (Å²) in [4.78, 5) is 28.3. The van der Waals surface area contributed by atoms with E-state index in [0.29, 0.717) is 12.2 Å². The zero-order valence-corrected chi connectivity index (χ0v) is 15.6. The average molecular weight is 383 g/mol. The maximum Gasteiger partial charge on any atom is 0.308 e. The van der Waals surface area contributed by atoms with Gasteiger partial charge in [-0.15, -0.1) is 0 Å². The highest BCUT2D eigenvalue weighted by Crippen LogP contribution is 2.18. The standard InChI is InChI=1S/C21H25N3O4/c25-19-8-4-5-17(14-19)22-20(26)13-16(21(27)28)15-23-9-11-24(12-10-23)18-6-2-1-3-7-18/h1-8,14,16,25H,9-13,15H2,(H,22,26)(H,27,28). The molecule has 3 N–H and O–H groups in total. The fourth-order valence-corrected chi connectivity index (χ4v) is 3.39. The Kier molecular flexibility index (Phi) is 6.49. The number of amides is 1. The molecule has 1 atom stereocenters. The highest BCUT2D eigenvalue weighted by Gasteiger charge is 2.26. The Morgan fingerprint density at radius 2 is 1.71 bits per heavy atom. The summed E-state index contributed by atoms with van der Waals surface area (Å²) >= 11 is 0. The van der Waals surface area contributed by atoms with Crippen molar-refractivity contribution in [3.8, 4) is 5.75 Å². The molecule has 0 aliphatic carbocycles. The van der Waals surface area contributed by atoms with E-state index >= 15 is 0 Å². The van der Waals surface area contributed by atoms with E-state index in [2.05, 4.69) is 27.2 Å². The number of benzene rings is 2. The van der Waals surface area contributed by atoms with Gasteiger partial charge in [0.25, 0.3) is 0 Å². The molecular formula is C21H25N3O4. The van der Waals surface area contributed by atoms with Gasteiger partial charge in [-0.25, -0.2) is 0 Å². The molecule has 1 amide bonds. The number of para-hydroxylation sites is 1. The van der Waals surface area contributed by atoms with Gasteiger partial charge in [0.15, 0.2) is 0 Å². The molecule has 7 heteroatoms. The number of carboxylic acids is 1. The number of phenolic OH excluding ortho intramolecular Hbond substituents is 1. The highest BCUT2D eigenvalue weighted by atomic mass is 16.4. The molecule has 0 saturated carbocycles. The number of aromatic hydroxyl groups is 1. The van der Waals surface area contributed by atoms with Gasteiger partial charge < -0.3 is 20.4 Å². The van der Waals surface area contributed by atoms with Crippen molar-refractivity contribution in [1.82, 2.24) is 4.90 Å². The Balaban J connectivity index is 1.51. The van der Waals surface area contributed by atoms with Crippen LogP contribution in [0.4, 0.5) is 11.4 Å². The van der Waals surface area contributed by atoms with Gasteiger partial charge in [-0.1, -0.05) is 24.3 Å². The Hall–Kier alpha value is -3.06. The molecule has 3 rings (SSSR count). The number of phenols is 1. The Bertz CT molecular complexity index is 804. The summed E-state index contributed by atoms with van der Waals surface area (Å²) in [6, 6.07) is 16.3. The summed E-state index contributed by atoms with van der Waals surface area (Å²) in [5.74, 6) is -2.08. The quantitative estimate of drug-likeness (QED) is 0.679. The van der Waals surface area contributed by atoms with E-state index in [9.17, 15) is 19.8 Å². The van der Waals surface area contributed by atoms with Crippen molar-refractivity contribution >= 4 is 23.3 Å².